The number of hydrogen-bond donors (Lipinski definition) is 1. The summed E-state index contributed by atoms with van der Waals surface area (Å²) < 4.78 is 5.79. The summed E-state index contributed by atoms with van der Waals surface area (Å²) in [6.45, 7) is 7.75. The Labute approximate surface area is 118 Å². The minimum atomic E-state index is 0.748. The molecule has 0 saturated carbocycles. The minimum Gasteiger partial charge on any atom is -0.491 e. The fourth-order valence-electron chi connectivity index (χ4n) is 1.78. The Kier molecular flexibility index (Phi) is 4.80. The highest BCUT2D eigenvalue weighted by molar-refractivity contribution is 7.11. The lowest BCUT2D eigenvalue weighted by molar-refractivity contribution is 0.318. The molecule has 0 aliphatic heterocycles. The van der Waals surface area contributed by atoms with Crippen molar-refractivity contribution in [1.82, 2.24) is 4.98 Å². The molecule has 1 aromatic heterocycles. The van der Waals surface area contributed by atoms with Gasteiger partial charge >= 0.3 is 0 Å². The van der Waals surface area contributed by atoms with Crippen LogP contribution in [0.3, 0.4) is 0 Å². The smallest absolute Gasteiger partial charge is 0.142 e. The maximum Gasteiger partial charge on any atom is 0.142 e. The van der Waals surface area contributed by atoms with Gasteiger partial charge in [0.1, 0.15) is 5.75 Å². The monoisotopic (exact) mass is 276 g/mol. The van der Waals surface area contributed by atoms with Crippen molar-refractivity contribution in [2.45, 2.75) is 33.7 Å². The predicted octanol–water partition coefficient (Wildman–Crippen LogP) is 4.16. The summed E-state index contributed by atoms with van der Waals surface area (Å²) in [6.07, 6.45) is 2.94. The number of hydrogen-bond acceptors (Lipinski definition) is 4. The van der Waals surface area contributed by atoms with Crippen molar-refractivity contribution < 1.29 is 4.74 Å². The van der Waals surface area contributed by atoms with Gasteiger partial charge in [0.15, 0.2) is 0 Å². The van der Waals surface area contributed by atoms with Crippen LogP contribution in [0.15, 0.2) is 24.4 Å². The van der Waals surface area contributed by atoms with Crippen LogP contribution in [0.1, 0.15) is 28.8 Å². The Morgan fingerprint density at radius 1 is 1.32 bits per heavy atom. The maximum absolute atomic E-state index is 5.79. The number of nitrogens with one attached hydrogen (secondary N) is 1. The molecule has 0 bridgehead atoms. The second-order valence-corrected chi connectivity index (χ2v) is 5.87. The predicted molar refractivity (Wildman–Crippen MR) is 81.1 cm³/mol. The Hall–Kier alpha value is -1.55. The molecule has 1 aromatic carbocycles. The molecular formula is C15H20N2OS. The van der Waals surface area contributed by atoms with Crippen molar-refractivity contribution in [2.24, 2.45) is 0 Å². The summed E-state index contributed by atoms with van der Waals surface area (Å²) in [5.74, 6) is 0.933. The first-order valence-electron chi connectivity index (χ1n) is 6.57. The number of rotatable bonds is 6. The Balaban J connectivity index is 2.05. The van der Waals surface area contributed by atoms with Crippen LogP contribution in [0, 0.1) is 13.8 Å². The lowest BCUT2D eigenvalue weighted by Gasteiger charge is -2.13. The first kappa shape index (κ1) is 13.9. The van der Waals surface area contributed by atoms with Gasteiger partial charge in [-0.25, -0.2) is 4.98 Å². The van der Waals surface area contributed by atoms with E-state index in [9.17, 15) is 0 Å². The van der Waals surface area contributed by atoms with E-state index in [-0.39, 0.29) is 0 Å². The van der Waals surface area contributed by atoms with Gasteiger partial charge in [0.05, 0.1) is 23.8 Å². The zero-order valence-electron chi connectivity index (χ0n) is 11.7. The van der Waals surface area contributed by atoms with Crippen LogP contribution in [-0.4, -0.2) is 11.6 Å². The number of aryl methyl sites for hydroxylation is 2. The summed E-state index contributed by atoms with van der Waals surface area (Å²) in [5.41, 5.74) is 2.26. The second kappa shape index (κ2) is 6.57. The Bertz CT molecular complexity index is 537. The SMILES string of the molecule is CCCOc1cc(C)ccc1NCc1cnc(C)s1. The van der Waals surface area contributed by atoms with Gasteiger partial charge in [-0.3, -0.25) is 0 Å². The molecule has 3 nitrogen and oxygen atoms in total. The molecule has 0 fully saturated rings. The summed E-state index contributed by atoms with van der Waals surface area (Å²) in [5, 5.41) is 4.52. The molecule has 0 saturated heterocycles. The van der Waals surface area contributed by atoms with Gasteiger partial charge in [0.25, 0.3) is 0 Å². The molecule has 0 spiro atoms. The lowest BCUT2D eigenvalue weighted by atomic mass is 10.2. The number of anilines is 1. The molecule has 19 heavy (non-hydrogen) atoms. The third-order valence-electron chi connectivity index (χ3n) is 2.72. The van der Waals surface area contributed by atoms with Gasteiger partial charge in [-0.1, -0.05) is 13.0 Å². The Morgan fingerprint density at radius 3 is 2.84 bits per heavy atom. The van der Waals surface area contributed by atoms with Gasteiger partial charge in [-0.15, -0.1) is 11.3 Å². The van der Waals surface area contributed by atoms with Crippen molar-refractivity contribution in [1.29, 1.82) is 0 Å². The number of benzene rings is 1. The minimum absolute atomic E-state index is 0.748. The van der Waals surface area contributed by atoms with E-state index in [0.29, 0.717) is 0 Å². The summed E-state index contributed by atoms with van der Waals surface area (Å²) in [6, 6.07) is 6.25. The molecular weight excluding hydrogens is 256 g/mol. The van der Waals surface area contributed by atoms with E-state index >= 15 is 0 Å². The zero-order valence-corrected chi connectivity index (χ0v) is 12.5. The molecule has 102 valence electrons. The molecule has 4 heteroatoms. The van der Waals surface area contributed by atoms with E-state index in [2.05, 4.69) is 42.3 Å². The number of ether oxygens (including phenoxy) is 1. The van der Waals surface area contributed by atoms with Gasteiger partial charge in [0.2, 0.25) is 0 Å². The van der Waals surface area contributed by atoms with Crippen LogP contribution in [0.5, 0.6) is 5.75 Å². The quantitative estimate of drug-likeness (QED) is 0.860. The highest BCUT2D eigenvalue weighted by Gasteiger charge is 2.05. The van der Waals surface area contributed by atoms with E-state index in [4.69, 9.17) is 4.74 Å². The van der Waals surface area contributed by atoms with Gasteiger partial charge in [-0.05, 0) is 38.0 Å². The molecule has 0 aliphatic carbocycles. The molecule has 2 rings (SSSR count). The lowest BCUT2D eigenvalue weighted by Crippen LogP contribution is -2.03. The number of thiazole rings is 1. The highest BCUT2D eigenvalue weighted by Crippen LogP contribution is 2.27. The molecule has 0 unspecified atom stereocenters. The number of aromatic nitrogens is 1. The largest absolute Gasteiger partial charge is 0.491 e. The molecule has 0 radical (unpaired) electrons. The van der Waals surface area contributed by atoms with E-state index in [0.717, 1.165) is 36.0 Å². The van der Waals surface area contributed by atoms with E-state index < -0.39 is 0 Å². The fraction of sp³-hybridized carbons (Fsp3) is 0.400. The van der Waals surface area contributed by atoms with Crippen LogP contribution in [-0.2, 0) is 6.54 Å². The normalized spacial score (nSPS) is 10.5. The van der Waals surface area contributed by atoms with E-state index in [1.165, 1.54) is 10.4 Å². The molecule has 0 atom stereocenters. The van der Waals surface area contributed by atoms with Crippen LogP contribution in [0.25, 0.3) is 0 Å². The fourth-order valence-corrected chi connectivity index (χ4v) is 2.51. The molecule has 2 aromatic rings. The first-order valence-corrected chi connectivity index (χ1v) is 7.39. The van der Waals surface area contributed by atoms with Gasteiger partial charge in [-0.2, -0.15) is 0 Å². The third kappa shape index (κ3) is 3.96. The van der Waals surface area contributed by atoms with E-state index in [1.54, 1.807) is 11.3 Å². The van der Waals surface area contributed by atoms with Crippen molar-refractivity contribution in [3.63, 3.8) is 0 Å². The second-order valence-electron chi connectivity index (χ2n) is 4.55. The average molecular weight is 276 g/mol. The third-order valence-corrected chi connectivity index (χ3v) is 3.63. The number of nitrogens with zero attached hydrogens (tertiary/aromatic N) is 1. The van der Waals surface area contributed by atoms with Crippen molar-refractivity contribution in [3.8, 4) is 5.75 Å². The van der Waals surface area contributed by atoms with Crippen LogP contribution < -0.4 is 10.1 Å². The molecule has 1 heterocycles. The zero-order chi connectivity index (χ0) is 13.7. The Morgan fingerprint density at radius 2 is 2.16 bits per heavy atom. The molecule has 0 amide bonds. The van der Waals surface area contributed by atoms with Gasteiger partial charge < -0.3 is 10.1 Å². The molecule has 1 N–H and O–H groups in total. The first-order chi connectivity index (χ1) is 9.19. The highest BCUT2D eigenvalue weighted by atomic mass is 32.1. The molecule has 0 aliphatic rings. The summed E-state index contributed by atoms with van der Waals surface area (Å²) >= 11 is 1.72. The summed E-state index contributed by atoms with van der Waals surface area (Å²) in [4.78, 5) is 5.50. The topological polar surface area (TPSA) is 34.1 Å². The standard InChI is InChI=1S/C15H20N2OS/c1-4-7-18-15-8-11(2)5-6-14(15)17-10-13-9-16-12(3)19-13/h5-6,8-9,17H,4,7,10H2,1-3H3. The average Bonchev–Trinajstić information content (AvgIpc) is 2.81. The van der Waals surface area contributed by atoms with Crippen molar-refractivity contribution in [3.05, 3.63) is 39.8 Å². The van der Waals surface area contributed by atoms with Crippen LogP contribution in [0.4, 0.5) is 5.69 Å². The summed E-state index contributed by atoms with van der Waals surface area (Å²) in [7, 11) is 0. The van der Waals surface area contributed by atoms with Gasteiger partial charge in [0, 0.05) is 11.1 Å². The van der Waals surface area contributed by atoms with Crippen molar-refractivity contribution in [2.75, 3.05) is 11.9 Å². The van der Waals surface area contributed by atoms with Crippen LogP contribution >= 0.6 is 11.3 Å². The van der Waals surface area contributed by atoms with E-state index in [1.807, 2.05) is 13.1 Å². The van der Waals surface area contributed by atoms with Crippen molar-refractivity contribution >= 4 is 17.0 Å². The maximum atomic E-state index is 5.79. The van der Waals surface area contributed by atoms with Crippen LogP contribution in [0.2, 0.25) is 0 Å².